The molecule has 3 aromatic carbocycles. The van der Waals surface area contributed by atoms with Crippen molar-refractivity contribution in [1.29, 1.82) is 0 Å². The lowest BCUT2D eigenvalue weighted by atomic mass is 10.0. The van der Waals surface area contributed by atoms with E-state index >= 15 is 0 Å². The summed E-state index contributed by atoms with van der Waals surface area (Å²) in [5.74, 6) is -0.536. The molecule has 0 bridgehead atoms. The molecule has 0 aromatic heterocycles. The maximum Gasteiger partial charge on any atom is 0.343 e. The van der Waals surface area contributed by atoms with Gasteiger partial charge in [0.05, 0.1) is 11.1 Å². The van der Waals surface area contributed by atoms with E-state index in [0.717, 1.165) is 10.0 Å². The number of rotatable bonds is 3. The number of aryl methyl sites for hydroxylation is 1. The molecule has 3 aromatic rings. The van der Waals surface area contributed by atoms with Gasteiger partial charge < -0.3 is 9.47 Å². The summed E-state index contributed by atoms with van der Waals surface area (Å²) in [6, 6.07) is 15.6. The van der Waals surface area contributed by atoms with Crippen LogP contribution in [0.15, 0.2) is 70.9 Å². The Kier molecular flexibility index (Phi) is 5.03. The van der Waals surface area contributed by atoms with Crippen molar-refractivity contribution in [3.8, 4) is 11.5 Å². The van der Waals surface area contributed by atoms with E-state index in [1.807, 2.05) is 24.3 Å². The largest absolute Gasteiger partial charge is 0.452 e. The van der Waals surface area contributed by atoms with Crippen LogP contribution in [0.1, 0.15) is 31.8 Å². The van der Waals surface area contributed by atoms with Gasteiger partial charge in [-0.2, -0.15) is 0 Å². The first-order valence-corrected chi connectivity index (χ1v) is 9.53. The average Bonchev–Trinajstić information content (AvgIpc) is 3.00. The van der Waals surface area contributed by atoms with Gasteiger partial charge in [-0.05, 0) is 60.5 Å². The molecular formula is C23H14BrFO4. The first-order chi connectivity index (χ1) is 13.9. The van der Waals surface area contributed by atoms with Crippen molar-refractivity contribution in [3.05, 3.63) is 99.0 Å². The van der Waals surface area contributed by atoms with Crippen molar-refractivity contribution in [2.45, 2.75) is 6.92 Å². The minimum atomic E-state index is -0.627. The molecule has 1 heterocycles. The van der Waals surface area contributed by atoms with E-state index in [-0.39, 0.29) is 22.9 Å². The van der Waals surface area contributed by atoms with Crippen LogP contribution in [0.25, 0.3) is 6.08 Å². The molecule has 0 amide bonds. The highest BCUT2D eigenvalue weighted by atomic mass is 79.9. The predicted octanol–water partition coefficient (Wildman–Crippen LogP) is 5.73. The van der Waals surface area contributed by atoms with Gasteiger partial charge in [0, 0.05) is 10.5 Å². The highest BCUT2D eigenvalue weighted by Gasteiger charge is 2.30. The van der Waals surface area contributed by atoms with Crippen molar-refractivity contribution in [2.75, 3.05) is 0 Å². The van der Waals surface area contributed by atoms with Crippen LogP contribution in [0.5, 0.6) is 11.5 Å². The van der Waals surface area contributed by atoms with E-state index < -0.39 is 11.8 Å². The zero-order valence-electron chi connectivity index (χ0n) is 15.2. The fourth-order valence-corrected chi connectivity index (χ4v) is 3.42. The third kappa shape index (κ3) is 3.84. The minimum Gasteiger partial charge on any atom is -0.452 e. The number of halogens is 2. The molecule has 0 saturated carbocycles. The van der Waals surface area contributed by atoms with Crippen molar-refractivity contribution >= 4 is 33.8 Å². The monoisotopic (exact) mass is 452 g/mol. The molecule has 144 valence electrons. The number of ether oxygens (including phenoxy) is 2. The molecule has 0 aliphatic carbocycles. The van der Waals surface area contributed by atoms with Crippen LogP contribution in [0, 0.1) is 12.7 Å². The maximum absolute atomic E-state index is 13.0. The average molecular weight is 453 g/mol. The van der Waals surface area contributed by atoms with E-state index in [9.17, 15) is 14.0 Å². The number of allylic oxidation sites excluding steroid dienone is 1. The standard InChI is InChI=1S/C23H14BrFO4/c1-13-10-17(28-23(27)14-6-8-16(25)9-7-14)12-19-21(13)22(26)20(29-19)11-15-4-2-3-5-18(15)24/h2-12H,1H3/b20-11-. The molecule has 6 heteroatoms. The Morgan fingerprint density at radius 1 is 1.10 bits per heavy atom. The predicted molar refractivity (Wildman–Crippen MR) is 110 cm³/mol. The lowest BCUT2D eigenvalue weighted by Gasteiger charge is -2.08. The molecule has 0 atom stereocenters. The van der Waals surface area contributed by atoms with Crippen molar-refractivity contribution < 1.29 is 23.5 Å². The number of hydrogen-bond donors (Lipinski definition) is 0. The first-order valence-electron chi connectivity index (χ1n) is 8.73. The second-order valence-electron chi connectivity index (χ2n) is 6.47. The Morgan fingerprint density at radius 3 is 2.55 bits per heavy atom. The number of benzene rings is 3. The molecular weight excluding hydrogens is 439 g/mol. The number of Topliss-reactive ketones (excluding diaryl/α,β-unsaturated/α-hetero) is 1. The number of esters is 1. The van der Waals surface area contributed by atoms with Gasteiger partial charge in [0.2, 0.25) is 5.78 Å². The van der Waals surface area contributed by atoms with Gasteiger partial charge in [0.25, 0.3) is 0 Å². The van der Waals surface area contributed by atoms with Gasteiger partial charge in [-0.15, -0.1) is 0 Å². The van der Waals surface area contributed by atoms with Crippen LogP contribution in [0.4, 0.5) is 4.39 Å². The zero-order chi connectivity index (χ0) is 20.5. The van der Waals surface area contributed by atoms with E-state index in [0.29, 0.717) is 16.9 Å². The van der Waals surface area contributed by atoms with Gasteiger partial charge >= 0.3 is 5.97 Å². The molecule has 0 unspecified atom stereocenters. The molecule has 0 radical (unpaired) electrons. The molecule has 4 rings (SSSR count). The van der Waals surface area contributed by atoms with Crippen LogP contribution in [0.2, 0.25) is 0 Å². The highest BCUT2D eigenvalue weighted by Crippen LogP contribution is 2.38. The third-order valence-corrected chi connectivity index (χ3v) is 5.15. The molecule has 0 N–H and O–H groups in total. The van der Waals surface area contributed by atoms with Crippen LogP contribution < -0.4 is 9.47 Å². The van der Waals surface area contributed by atoms with E-state index in [4.69, 9.17) is 9.47 Å². The molecule has 0 fully saturated rings. The second kappa shape index (κ2) is 7.64. The Hall–Kier alpha value is -3.25. The van der Waals surface area contributed by atoms with Crippen molar-refractivity contribution in [2.24, 2.45) is 0 Å². The van der Waals surface area contributed by atoms with Crippen LogP contribution in [-0.4, -0.2) is 11.8 Å². The second-order valence-corrected chi connectivity index (χ2v) is 7.33. The summed E-state index contributed by atoms with van der Waals surface area (Å²) in [6.07, 6.45) is 1.66. The zero-order valence-corrected chi connectivity index (χ0v) is 16.8. The quantitative estimate of drug-likeness (QED) is 0.289. The molecule has 29 heavy (non-hydrogen) atoms. The topological polar surface area (TPSA) is 52.6 Å². The Morgan fingerprint density at radius 2 is 1.83 bits per heavy atom. The highest BCUT2D eigenvalue weighted by molar-refractivity contribution is 9.10. The van der Waals surface area contributed by atoms with E-state index in [1.54, 1.807) is 19.1 Å². The van der Waals surface area contributed by atoms with Gasteiger partial charge in [-0.1, -0.05) is 34.1 Å². The number of hydrogen-bond acceptors (Lipinski definition) is 4. The molecule has 0 spiro atoms. The summed E-state index contributed by atoms with van der Waals surface area (Å²) in [5.41, 5.74) is 2.09. The lowest BCUT2D eigenvalue weighted by molar-refractivity contribution is 0.0734. The summed E-state index contributed by atoms with van der Waals surface area (Å²) in [7, 11) is 0. The summed E-state index contributed by atoms with van der Waals surface area (Å²) >= 11 is 3.45. The number of fused-ring (bicyclic) bond motifs is 1. The first kappa shape index (κ1) is 19.1. The lowest BCUT2D eigenvalue weighted by Crippen LogP contribution is -2.08. The normalized spacial score (nSPS) is 13.9. The Balaban J connectivity index is 1.62. The maximum atomic E-state index is 13.0. The minimum absolute atomic E-state index is 0.192. The van der Waals surface area contributed by atoms with Gasteiger partial charge in [0.15, 0.2) is 5.76 Å². The van der Waals surface area contributed by atoms with E-state index in [2.05, 4.69) is 15.9 Å². The SMILES string of the molecule is Cc1cc(OC(=O)c2ccc(F)cc2)cc2c1C(=O)/C(=C/c1ccccc1Br)O2. The molecule has 1 aliphatic heterocycles. The van der Waals surface area contributed by atoms with Crippen molar-refractivity contribution in [1.82, 2.24) is 0 Å². The Labute approximate surface area is 174 Å². The fraction of sp³-hybridized carbons (Fsp3) is 0.0435. The summed E-state index contributed by atoms with van der Waals surface area (Å²) in [5, 5.41) is 0. The Bertz CT molecular complexity index is 1170. The molecule has 1 aliphatic rings. The van der Waals surface area contributed by atoms with E-state index in [1.165, 1.54) is 30.3 Å². The summed E-state index contributed by atoms with van der Waals surface area (Å²) in [6.45, 7) is 1.75. The summed E-state index contributed by atoms with van der Waals surface area (Å²) < 4.78 is 25.0. The van der Waals surface area contributed by atoms with Crippen molar-refractivity contribution in [3.63, 3.8) is 0 Å². The smallest absolute Gasteiger partial charge is 0.343 e. The van der Waals surface area contributed by atoms with Crippen LogP contribution >= 0.6 is 15.9 Å². The van der Waals surface area contributed by atoms with Crippen LogP contribution in [0.3, 0.4) is 0 Å². The van der Waals surface area contributed by atoms with Crippen LogP contribution in [-0.2, 0) is 0 Å². The fourth-order valence-electron chi connectivity index (χ4n) is 3.02. The summed E-state index contributed by atoms with van der Waals surface area (Å²) in [4.78, 5) is 25.0. The third-order valence-electron chi connectivity index (χ3n) is 4.43. The van der Waals surface area contributed by atoms with Gasteiger partial charge in [0.1, 0.15) is 17.3 Å². The van der Waals surface area contributed by atoms with Gasteiger partial charge in [-0.25, -0.2) is 9.18 Å². The number of carbonyl (C=O) groups is 2. The van der Waals surface area contributed by atoms with Gasteiger partial charge in [-0.3, -0.25) is 4.79 Å². The molecule has 4 nitrogen and oxygen atoms in total. The molecule has 0 saturated heterocycles. The number of carbonyl (C=O) groups excluding carboxylic acids is 2. The number of ketones is 1.